The van der Waals surface area contributed by atoms with Crippen molar-refractivity contribution >= 4 is 47.3 Å². The van der Waals surface area contributed by atoms with Gasteiger partial charge in [-0.1, -0.05) is 12.1 Å². The van der Waals surface area contributed by atoms with Crippen LogP contribution in [0.2, 0.25) is 0 Å². The summed E-state index contributed by atoms with van der Waals surface area (Å²) < 4.78 is 8.24. The summed E-state index contributed by atoms with van der Waals surface area (Å²) in [4.78, 5) is 26.3. The van der Waals surface area contributed by atoms with Crippen molar-refractivity contribution in [1.29, 1.82) is 0 Å². The third-order valence-corrected chi connectivity index (χ3v) is 7.63. The summed E-state index contributed by atoms with van der Waals surface area (Å²) in [7, 11) is 1.62. The summed E-state index contributed by atoms with van der Waals surface area (Å²) in [6.45, 7) is 9.53. The molecule has 6 rings (SSSR count). The number of carbonyl (C=O) groups is 1. The highest BCUT2D eigenvalue weighted by Crippen LogP contribution is 2.36. The smallest absolute Gasteiger partial charge is 0.271 e. The minimum Gasteiger partial charge on any atom is -0.485 e. The van der Waals surface area contributed by atoms with Crippen LogP contribution in [0.25, 0.3) is 16.6 Å². The third-order valence-electron chi connectivity index (χ3n) is 7.63. The zero-order valence-electron chi connectivity index (χ0n) is 22.4. The Morgan fingerprint density at radius 1 is 1.00 bits per heavy atom. The van der Waals surface area contributed by atoms with Crippen LogP contribution in [0.5, 0.6) is 5.75 Å². The van der Waals surface area contributed by atoms with E-state index in [0.29, 0.717) is 12.3 Å². The molecule has 2 aromatic heterocycles. The lowest BCUT2D eigenvalue weighted by Crippen LogP contribution is -2.47. The maximum atomic E-state index is 12.2. The molecule has 10 heteroatoms. The molecular formula is C29H34Cl2N6O2. The number of benzene rings is 2. The number of fused-ring (bicyclic) bond motifs is 4. The van der Waals surface area contributed by atoms with Crippen molar-refractivity contribution in [1.82, 2.24) is 24.8 Å². The molecule has 8 nitrogen and oxygen atoms in total. The first kappa shape index (κ1) is 28.7. The number of anilines is 1. The van der Waals surface area contributed by atoms with Gasteiger partial charge in [0, 0.05) is 62.1 Å². The number of carbonyl (C=O) groups excluding carboxylic acids is 1. The van der Waals surface area contributed by atoms with E-state index in [-0.39, 0.29) is 30.7 Å². The topological polar surface area (TPSA) is 75.5 Å². The molecule has 4 aromatic rings. The van der Waals surface area contributed by atoms with Crippen LogP contribution in [-0.2, 0) is 13.0 Å². The monoisotopic (exact) mass is 568 g/mol. The Bertz CT molecular complexity index is 1500. The number of halogens is 2. The Morgan fingerprint density at radius 3 is 2.56 bits per heavy atom. The second kappa shape index (κ2) is 11.8. The minimum atomic E-state index is -0.192. The van der Waals surface area contributed by atoms with E-state index in [0.717, 1.165) is 67.5 Å². The molecule has 0 atom stereocenters. The van der Waals surface area contributed by atoms with Crippen molar-refractivity contribution in [2.75, 3.05) is 44.7 Å². The Kier molecular flexibility index (Phi) is 8.69. The van der Waals surface area contributed by atoms with Crippen LogP contribution in [0.1, 0.15) is 33.0 Å². The molecule has 0 radical (unpaired) electrons. The predicted molar refractivity (Wildman–Crippen MR) is 159 cm³/mol. The van der Waals surface area contributed by atoms with Crippen LogP contribution >= 0.6 is 24.8 Å². The molecular weight excluding hydrogens is 535 g/mol. The molecule has 39 heavy (non-hydrogen) atoms. The van der Waals surface area contributed by atoms with Crippen molar-refractivity contribution < 1.29 is 9.53 Å². The molecule has 2 aliphatic heterocycles. The number of imidazole rings is 1. The standard InChI is InChI=1S/C29H32N6O2.2ClH/c1-19-7-10-25-28(37-17-26-27(29(36)30-3)31-18-35(25)26)21(19)11-12-33-13-15-34(16-14-33)24-6-4-5-23-22(24)9-8-20(2)32-23;;/h4-10,18H,11-17H2,1-3H3,(H,30,36);2*1H. The lowest BCUT2D eigenvalue weighted by Gasteiger charge is -2.37. The molecule has 0 saturated carbocycles. The lowest BCUT2D eigenvalue weighted by molar-refractivity contribution is 0.0955. The number of piperazine rings is 1. The zero-order chi connectivity index (χ0) is 25.5. The van der Waals surface area contributed by atoms with E-state index in [1.54, 1.807) is 13.4 Å². The van der Waals surface area contributed by atoms with Gasteiger partial charge >= 0.3 is 0 Å². The van der Waals surface area contributed by atoms with Crippen LogP contribution in [0.4, 0.5) is 5.69 Å². The molecule has 0 aliphatic carbocycles. The number of hydrogen-bond acceptors (Lipinski definition) is 6. The summed E-state index contributed by atoms with van der Waals surface area (Å²) in [5, 5.41) is 3.89. The first-order valence-corrected chi connectivity index (χ1v) is 12.9. The largest absolute Gasteiger partial charge is 0.485 e. The van der Waals surface area contributed by atoms with Gasteiger partial charge in [-0.15, -0.1) is 24.8 Å². The van der Waals surface area contributed by atoms with Gasteiger partial charge < -0.3 is 15.0 Å². The summed E-state index contributed by atoms with van der Waals surface area (Å²) in [6.07, 6.45) is 2.64. The number of rotatable bonds is 5. The number of aryl methyl sites for hydroxylation is 2. The van der Waals surface area contributed by atoms with E-state index < -0.39 is 0 Å². The molecule has 1 saturated heterocycles. The minimum absolute atomic E-state index is 0. The highest BCUT2D eigenvalue weighted by molar-refractivity contribution is 5.93. The van der Waals surface area contributed by atoms with Gasteiger partial charge in [-0.3, -0.25) is 19.2 Å². The molecule has 0 bridgehead atoms. The van der Waals surface area contributed by atoms with Crippen molar-refractivity contribution in [3.05, 3.63) is 77.0 Å². The highest BCUT2D eigenvalue weighted by atomic mass is 35.5. The second-order valence-corrected chi connectivity index (χ2v) is 9.86. The fourth-order valence-corrected chi connectivity index (χ4v) is 5.54. The fourth-order valence-electron chi connectivity index (χ4n) is 5.54. The van der Waals surface area contributed by atoms with E-state index in [4.69, 9.17) is 9.72 Å². The van der Waals surface area contributed by atoms with Gasteiger partial charge in [0.25, 0.3) is 5.91 Å². The van der Waals surface area contributed by atoms with Crippen LogP contribution in [-0.4, -0.2) is 65.1 Å². The summed E-state index contributed by atoms with van der Waals surface area (Å²) >= 11 is 0. The van der Waals surface area contributed by atoms with E-state index in [9.17, 15) is 4.79 Å². The van der Waals surface area contributed by atoms with Gasteiger partial charge in [0.05, 0.1) is 16.9 Å². The predicted octanol–water partition coefficient (Wildman–Crippen LogP) is 4.50. The van der Waals surface area contributed by atoms with Gasteiger partial charge in [0.2, 0.25) is 0 Å². The van der Waals surface area contributed by atoms with Crippen molar-refractivity contribution in [2.24, 2.45) is 0 Å². The molecule has 2 aliphatic rings. The molecule has 4 heterocycles. The molecule has 206 valence electrons. The number of pyridine rings is 1. The Labute approximate surface area is 241 Å². The number of aromatic nitrogens is 3. The normalized spacial score (nSPS) is 14.5. The first-order chi connectivity index (χ1) is 18.0. The Balaban J connectivity index is 0.00000176. The maximum Gasteiger partial charge on any atom is 0.271 e. The number of nitrogens with one attached hydrogen (secondary N) is 1. The van der Waals surface area contributed by atoms with Gasteiger partial charge in [-0.05, 0) is 56.2 Å². The van der Waals surface area contributed by atoms with Crippen molar-refractivity contribution in [2.45, 2.75) is 26.9 Å². The average Bonchev–Trinajstić information content (AvgIpc) is 3.36. The van der Waals surface area contributed by atoms with E-state index >= 15 is 0 Å². The number of nitrogens with zero attached hydrogens (tertiary/aromatic N) is 5. The number of amides is 1. The fraction of sp³-hybridized carbons (Fsp3) is 0.345. The summed E-state index contributed by atoms with van der Waals surface area (Å²) in [5.74, 6) is 0.715. The van der Waals surface area contributed by atoms with Crippen molar-refractivity contribution in [3.8, 4) is 11.4 Å². The molecule has 1 amide bonds. The van der Waals surface area contributed by atoms with Gasteiger partial charge in [0.15, 0.2) is 5.69 Å². The van der Waals surface area contributed by atoms with Crippen LogP contribution in [0, 0.1) is 13.8 Å². The Hall–Kier alpha value is -3.33. The summed E-state index contributed by atoms with van der Waals surface area (Å²) in [5.41, 5.74) is 8.01. The van der Waals surface area contributed by atoms with E-state index in [1.807, 2.05) is 11.5 Å². The maximum absolute atomic E-state index is 12.2. The van der Waals surface area contributed by atoms with Crippen LogP contribution in [0.15, 0.2) is 48.8 Å². The number of ether oxygens (including phenoxy) is 1. The van der Waals surface area contributed by atoms with Gasteiger partial charge in [-0.2, -0.15) is 0 Å². The molecule has 2 aromatic carbocycles. The summed E-state index contributed by atoms with van der Waals surface area (Å²) in [6, 6.07) is 14.9. The quantitative estimate of drug-likeness (QED) is 0.382. The van der Waals surface area contributed by atoms with Crippen LogP contribution < -0.4 is 15.0 Å². The Morgan fingerprint density at radius 2 is 1.79 bits per heavy atom. The second-order valence-electron chi connectivity index (χ2n) is 9.86. The highest BCUT2D eigenvalue weighted by Gasteiger charge is 2.27. The molecule has 1 N–H and O–H groups in total. The van der Waals surface area contributed by atoms with E-state index in [1.165, 1.54) is 22.2 Å². The SMILES string of the molecule is CNC(=O)c1ncn2c1COc1c-2ccc(C)c1CCN1CCN(c2cccc3nc(C)ccc23)CC1.Cl.Cl. The van der Waals surface area contributed by atoms with Gasteiger partial charge in [0.1, 0.15) is 18.7 Å². The van der Waals surface area contributed by atoms with E-state index in [2.05, 4.69) is 69.5 Å². The molecule has 1 fully saturated rings. The molecule has 0 spiro atoms. The van der Waals surface area contributed by atoms with Gasteiger partial charge in [-0.25, -0.2) is 4.98 Å². The van der Waals surface area contributed by atoms with Crippen LogP contribution in [0.3, 0.4) is 0 Å². The number of hydrogen-bond donors (Lipinski definition) is 1. The molecule has 0 unspecified atom stereocenters. The first-order valence-electron chi connectivity index (χ1n) is 12.9. The third kappa shape index (κ3) is 5.29. The lowest BCUT2D eigenvalue weighted by atomic mass is 10.0. The average molecular weight is 570 g/mol. The van der Waals surface area contributed by atoms with Crippen molar-refractivity contribution in [3.63, 3.8) is 0 Å². The zero-order valence-corrected chi connectivity index (χ0v) is 24.1.